The van der Waals surface area contributed by atoms with E-state index in [9.17, 15) is 4.79 Å². The molecule has 1 aliphatic carbocycles. The molecular weight excluding hydrogens is 570 g/mol. The van der Waals surface area contributed by atoms with Crippen LogP contribution in [0.4, 0.5) is 10.6 Å². The fraction of sp³-hybridized carbons (Fsp3) is 0.364. The van der Waals surface area contributed by atoms with E-state index in [0.29, 0.717) is 44.3 Å². The molecule has 0 saturated carbocycles. The second-order valence-corrected chi connectivity index (χ2v) is 11.5. The first-order valence-electron chi connectivity index (χ1n) is 15.6. The van der Waals surface area contributed by atoms with Gasteiger partial charge in [0.1, 0.15) is 12.1 Å². The molecule has 2 aromatic carbocycles. The van der Waals surface area contributed by atoms with Crippen LogP contribution in [0.5, 0.6) is 0 Å². The lowest BCUT2D eigenvalue weighted by molar-refractivity contribution is 0.0743. The van der Waals surface area contributed by atoms with Gasteiger partial charge in [0.15, 0.2) is 17.3 Å². The number of anilines is 1. The van der Waals surface area contributed by atoms with Crippen LogP contribution in [-0.4, -0.2) is 86.6 Å². The van der Waals surface area contributed by atoms with Crippen LogP contribution >= 0.6 is 0 Å². The first-order chi connectivity index (χ1) is 22.1. The molecular formula is C33H37N9O3. The SMILES string of the molecule is CCn1c(-c2nonc2N)nc2cncc(CNCCCN3CCN(C(=O)OCC4c5ccccc5-c5ccccc54)CC3)c21. The molecule has 0 atom stereocenters. The molecule has 0 bridgehead atoms. The smallest absolute Gasteiger partial charge is 0.409 e. The van der Waals surface area contributed by atoms with Crippen molar-refractivity contribution in [3.63, 3.8) is 0 Å². The van der Waals surface area contributed by atoms with Gasteiger partial charge in [-0.05, 0) is 59.0 Å². The van der Waals surface area contributed by atoms with Crippen LogP contribution in [0.25, 0.3) is 33.7 Å². The Labute approximate surface area is 261 Å². The van der Waals surface area contributed by atoms with Gasteiger partial charge < -0.3 is 25.3 Å². The van der Waals surface area contributed by atoms with Gasteiger partial charge in [-0.25, -0.2) is 14.4 Å². The average Bonchev–Trinajstić information content (AvgIpc) is 3.77. The predicted octanol–water partition coefficient (Wildman–Crippen LogP) is 4.13. The van der Waals surface area contributed by atoms with Gasteiger partial charge >= 0.3 is 6.09 Å². The molecule has 1 aliphatic heterocycles. The Hall–Kier alpha value is -4.81. The van der Waals surface area contributed by atoms with Crippen molar-refractivity contribution in [3.05, 3.63) is 77.6 Å². The number of aromatic nitrogens is 5. The molecule has 1 amide bonds. The van der Waals surface area contributed by atoms with Gasteiger partial charge in [0.2, 0.25) is 0 Å². The van der Waals surface area contributed by atoms with Crippen molar-refractivity contribution in [2.24, 2.45) is 0 Å². The average molecular weight is 608 g/mol. The fourth-order valence-corrected chi connectivity index (χ4v) is 6.62. The number of imidazole rings is 1. The second kappa shape index (κ2) is 12.7. The lowest BCUT2D eigenvalue weighted by Gasteiger charge is -2.34. The Kier molecular flexibility index (Phi) is 8.14. The molecule has 0 spiro atoms. The van der Waals surface area contributed by atoms with Crippen LogP contribution in [0.2, 0.25) is 0 Å². The fourth-order valence-electron chi connectivity index (χ4n) is 6.62. The summed E-state index contributed by atoms with van der Waals surface area (Å²) in [4.78, 5) is 26.3. The van der Waals surface area contributed by atoms with Crippen molar-refractivity contribution >= 4 is 22.9 Å². The van der Waals surface area contributed by atoms with E-state index in [1.165, 1.54) is 22.3 Å². The molecule has 3 aromatic heterocycles. The summed E-state index contributed by atoms with van der Waals surface area (Å²) in [5.41, 5.74) is 14.1. The summed E-state index contributed by atoms with van der Waals surface area (Å²) in [7, 11) is 0. The summed E-state index contributed by atoms with van der Waals surface area (Å²) in [6.07, 6.45) is 4.39. The van der Waals surface area contributed by atoms with E-state index in [-0.39, 0.29) is 17.8 Å². The number of hydrogen-bond acceptors (Lipinski definition) is 10. The van der Waals surface area contributed by atoms with Crippen LogP contribution in [0, 0.1) is 0 Å². The van der Waals surface area contributed by atoms with Crippen LogP contribution in [0.15, 0.2) is 65.6 Å². The lowest BCUT2D eigenvalue weighted by atomic mass is 9.98. The maximum atomic E-state index is 13.0. The number of hydrogen-bond donors (Lipinski definition) is 2. The number of fused-ring (bicyclic) bond motifs is 4. The van der Waals surface area contributed by atoms with E-state index in [1.54, 1.807) is 6.20 Å². The Morgan fingerprint density at radius 3 is 2.44 bits per heavy atom. The maximum absolute atomic E-state index is 13.0. The Morgan fingerprint density at radius 1 is 1.02 bits per heavy atom. The van der Waals surface area contributed by atoms with Crippen molar-refractivity contribution in [3.8, 4) is 22.6 Å². The van der Waals surface area contributed by atoms with Crippen LogP contribution in [-0.2, 0) is 17.8 Å². The zero-order valence-corrected chi connectivity index (χ0v) is 25.4. The highest BCUT2D eigenvalue weighted by Gasteiger charge is 2.30. The molecule has 4 heterocycles. The van der Waals surface area contributed by atoms with E-state index in [0.717, 1.165) is 49.2 Å². The van der Waals surface area contributed by atoms with E-state index in [4.69, 9.17) is 20.1 Å². The van der Waals surface area contributed by atoms with Crippen molar-refractivity contribution < 1.29 is 14.2 Å². The van der Waals surface area contributed by atoms with Crippen molar-refractivity contribution in [1.82, 2.24) is 40.0 Å². The molecule has 232 valence electrons. The second-order valence-electron chi connectivity index (χ2n) is 11.5. The Morgan fingerprint density at radius 2 is 1.76 bits per heavy atom. The molecule has 1 saturated heterocycles. The van der Waals surface area contributed by atoms with Gasteiger partial charge in [0.25, 0.3) is 0 Å². The minimum Gasteiger partial charge on any atom is -0.448 e. The molecule has 3 N–H and O–H groups in total. The number of rotatable bonds is 10. The van der Waals surface area contributed by atoms with Crippen molar-refractivity contribution in [2.75, 3.05) is 51.6 Å². The molecule has 5 aromatic rings. The van der Waals surface area contributed by atoms with Crippen LogP contribution in [0.3, 0.4) is 0 Å². The maximum Gasteiger partial charge on any atom is 0.409 e. The summed E-state index contributed by atoms with van der Waals surface area (Å²) in [5, 5.41) is 11.2. The zero-order valence-electron chi connectivity index (χ0n) is 25.4. The normalized spacial score (nSPS) is 15.0. The molecule has 0 unspecified atom stereocenters. The number of nitrogens with two attached hydrogens (primary N) is 1. The summed E-state index contributed by atoms with van der Waals surface area (Å²) < 4.78 is 12.7. The number of amides is 1. The van der Waals surface area contributed by atoms with Gasteiger partial charge in [0, 0.05) is 56.9 Å². The minimum absolute atomic E-state index is 0.0760. The number of ether oxygens (including phenoxy) is 1. The molecule has 45 heavy (non-hydrogen) atoms. The zero-order chi connectivity index (χ0) is 30.8. The minimum atomic E-state index is -0.224. The molecule has 7 rings (SSSR count). The summed E-state index contributed by atoms with van der Waals surface area (Å²) >= 11 is 0. The standard InChI is InChI=1S/C33H37N9O3/c1-2-42-30-22(19-36-20-28(30)37-32(42)29-31(34)39-45-38-29)18-35-12-7-13-40-14-16-41(17-15-40)33(43)44-21-27-25-10-5-3-8-23(25)24-9-4-6-11-26(24)27/h3-6,8-11,19-20,27,35H,2,7,12-18,21H2,1H3,(H2,34,39). The van der Waals surface area contributed by atoms with Gasteiger partial charge in [-0.1, -0.05) is 48.5 Å². The third kappa shape index (κ3) is 5.62. The van der Waals surface area contributed by atoms with Crippen LogP contribution in [0.1, 0.15) is 36.0 Å². The molecule has 12 heteroatoms. The molecule has 2 aliphatic rings. The van der Waals surface area contributed by atoms with Crippen molar-refractivity contribution in [2.45, 2.75) is 32.4 Å². The molecule has 1 fully saturated rings. The van der Waals surface area contributed by atoms with Gasteiger partial charge in [-0.3, -0.25) is 9.88 Å². The summed E-state index contributed by atoms with van der Waals surface area (Å²) in [6.45, 7) is 8.61. The highest BCUT2D eigenvalue weighted by Crippen LogP contribution is 2.44. The third-order valence-corrected chi connectivity index (χ3v) is 8.88. The molecule has 0 radical (unpaired) electrons. The van der Waals surface area contributed by atoms with E-state index in [2.05, 4.69) is 85.5 Å². The van der Waals surface area contributed by atoms with E-state index >= 15 is 0 Å². The van der Waals surface area contributed by atoms with Gasteiger partial charge in [-0.2, -0.15) is 0 Å². The number of carbonyl (C=O) groups is 1. The van der Waals surface area contributed by atoms with E-state index in [1.807, 2.05) is 11.1 Å². The number of pyridine rings is 1. The number of carbonyl (C=O) groups excluding carboxylic acids is 1. The number of piperazine rings is 1. The monoisotopic (exact) mass is 607 g/mol. The number of benzene rings is 2. The summed E-state index contributed by atoms with van der Waals surface area (Å²) in [6, 6.07) is 16.8. The van der Waals surface area contributed by atoms with Crippen LogP contribution < -0.4 is 11.1 Å². The topological polar surface area (TPSA) is 140 Å². The number of aryl methyl sites for hydroxylation is 1. The van der Waals surface area contributed by atoms with Gasteiger partial charge in [-0.15, -0.1) is 0 Å². The number of nitrogens with zero attached hydrogens (tertiary/aromatic N) is 7. The number of nitrogen functional groups attached to an aromatic ring is 1. The Bertz CT molecular complexity index is 1760. The van der Waals surface area contributed by atoms with Gasteiger partial charge in [0.05, 0.1) is 11.7 Å². The lowest BCUT2D eigenvalue weighted by Crippen LogP contribution is -2.49. The summed E-state index contributed by atoms with van der Waals surface area (Å²) in [5.74, 6) is 0.913. The predicted molar refractivity (Wildman–Crippen MR) is 170 cm³/mol. The van der Waals surface area contributed by atoms with E-state index < -0.39 is 0 Å². The third-order valence-electron chi connectivity index (χ3n) is 8.88. The molecule has 12 nitrogen and oxygen atoms in total. The highest BCUT2D eigenvalue weighted by molar-refractivity contribution is 5.83. The first kappa shape index (κ1) is 28.9. The quantitative estimate of drug-likeness (QED) is 0.223. The number of nitrogens with one attached hydrogen (secondary N) is 1. The highest BCUT2D eigenvalue weighted by atomic mass is 16.6. The first-order valence-corrected chi connectivity index (χ1v) is 15.6. The Balaban J connectivity index is 0.866. The largest absolute Gasteiger partial charge is 0.448 e. The van der Waals surface area contributed by atoms with Crippen molar-refractivity contribution in [1.29, 1.82) is 0 Å².